The summed E-state index contributed by atoms with van der Waals surface area (Å²) >= 11 is 0. The third-order valence-electron chi connectivity index (χ3n) is 8.44. The van der Waals surface area contributed by atoms with Gasteiger partial charge in [-0.1, -0.05) is 139 Å². The molecule has 0 spiro atoms. The van der Waals surface area contributed by atoms with Gasteiger partial charge in [-0.3, -0.25) is 18.6 Å². The number of allylic oxidation sites excluding steroid dienone is 10. The van der Waals surface area contributed by atoms with Crippen LogP contribution in [0.1, 0.15) is 162 Å². The summed E-state index contributed by atoms with van der Waals surface area (Å²) in [5, 5.41) is 19.1. The zero-order valence-electron chi connectivity index (χ0n) is 33.7. The van der Waals surface area contributed by atoms with Gasteiger partial charge < -0.3 is 24.6 Å². The van der Waals surface area contributed by atoms with Gasteiger partial charge in [0.05, 0.1) is 26.4 Å². The van der Waals surface area contributed by atoms with Crippen molar-refractivity contribution in [2.45, 2.75) is 174 Å². The van der Waals surface area contributed by atoms with Gasteiger partial charge in [0, 0.05) is 12.8 Å². The van der Waals surface area contributed by atoms with E-state index < -0.39 is 58.4 Å². The zero-order valence-corrected chi connectivity index (χ0v) is 34.6. The first-order chi connectivity index (χ1) is 26.3. The van der Waals surface area contributed by atoms with Crippen molar-refractivity contribution in [2.24, 2.45) is 0 Å². The molecule has 0 radical (unpaired) electrons. The lowest BCUT2D eigenvalue weighted by Gasteiger charge is -2.20. The fourth-order valence-corrected chi connectivity index (χ4v) is 6.07. The number of hydrogen-bond donors (Lipinski definition) is 3. The molecular formula is C43H75O10P. The fraction of sp³-hybridized carbons (Fsp3) is 0.721. The predicted molar refractivity (Wildman–Crippen MR) is 219 cm³/mol. The Kier molecular flexibility index (Phi) is 37.2. The second-order valence-electron chi connectivity index (χ2n) is 13.6. The van der Waals surface area contributed by atoms with E-state index in [1.54, 1.807) is 0 Å². The molecule has 54 heavy (non-hydrogen) atoms. The molecule has 0 saturated carbocycles. The lowest BCUT2D eigenvalue weighted by atomic mass is 10.1. The highest BCUT2D eigenvalue weighted by molar-refractivity contribution is 7.47. The molecule has 0 fully saturated rings. The first-order valence-corrected chi connectivity index (χ1v) is 22.2. The number of esters is 2. The van der Waals surface area contributed by atoms with Crippen molar-refractivity contribution >= 4 is 19.8 Å². The lowest BCUT2D eigenvalue weighted by molar-refractivity contribution is -0.153. The van der Waals surface area contributed by atoms with Crippen molar-refractivity contribution in [2.75, 3.05) is 26.4 Å². The Morgan fingerprint density at radius 1 is 0.519 bits per heavy atom. The summed E-state index contributed by atoms with van der Waals surface area (Å²) in [6, 6.07) is 0. The van der Waals surface area contributed by atoms with Gasteiger partial charge in [-0.25, -0.2) is 4.57 Å². The second-order valence-corrected chi connectivity index (χ2v) is 15.0. The number of aliphatic hydroxyl groups is 2. The maximum Gasteiger partial charge on any atom is 0.472 e. The molecule has 0 aliphatic heterocycles. The first kappa shape index (κ1) is 51.7. The Balaban J connectivity index is 3.93. The van der Waals surface area contributed by atoms with Gasteiger partial charge >= 0.3 is 19.8 Å². The average Bonchev–Trinajstić information content (AvgIpc) is 3.16. The Bertz CT molecular complexity index is 1080. The normalized spacial score (nSPS) is 14.5. The van der Waals surface area contributed by atoms with E-state index in [2.05, 4.69) is 74.6 Å². The third-order valence-corrected chi connectivity index (χ3v) is 9.40. The molecule has 0 aliphatic rings. The van der Waals surface area contributed by atoms with Crippen LogP contribution in [0, 0.1) is 0 Å². The minimum absolute atomic E-state index is 0.179. The molecule has 0 aromatic carbocycles. The van der Waals surface area contributed by atoms with Crippen LogP contribution in [0.3, 0.4) is 0 Å². The van der Waals surface area contributed by atoms with Crippen LogP contribution in [-0.2, 0) is 32.7 Å². The van der Waals surface area contributed by atoms with Gasteiger partial charge in [-0.2, -0.15) is 0 Å². The molecule has 0 amide bonds. The highest BCUT2D eigenvalue weighted by atomic mass is 31.2. The van der Waals surface area contributed by atoms with Gasteiger partial charge in [0.15, 0.2) is 0 Å². The monoisotopic (exact) mass is 783 g/mol. The van der Waals surface area contributed by atoms with E-state index in [-0.39, 0.29) is 12.8 Å². The van der Waals surface area contributed by atoms with Crippen molar-refractivity contribution in [3.8, 4) is 0 Å². The van der Waals surface area contributed by atoms with E-state index in [4.69, 9.17) is 18.5 Å². The molecule has 0 aliphatic carbocycles. The predicted octanol–water partition coefficient (Wildman–Crippen LogP) is 10.7. The van der Waals surface area contributed by atoms with Gasteiger partial charge in [-0.05, 0) is 70.6 Å². The molecule has 0 aromatic rings. The van der Waals surface area contributed by atoms with E-state index in [1.807, 2.05) is 0 Å². The zero-order chi connectivity index (χ0) is 39.8. The standard InChI is InChI=1S/C43H75O10P/c1-3-5-7-9-11-13-15-16-17-18-19-20-21-22-23-24-25-27-29-31-33-35-43(47)53-41(37-45)39-51-54(48,49)50-38-40(36-44)52-42(46)34-32-30-28-26-14-12-10-8-6-4-2/h5,7-8,10-11,13,16-17,19-20,40-41,44-45H,3-4,6,9,12,14-15,18,21-39H2,1-2H3,(H,48,49)/b7-5-,10-8-,13-11-,17-16-,20-19-. The molecule has 0 saturated heterocycles. The summed E-state index contributed by atoms with van der Waals surface area (Å²) in [4.78, 5) is 34.4. The summed E-state index contributed by atoms with van der Waals surface area (Å²) in [6.45, 7) is 1.99. The first-order valence-electron chi connectivity index (χ1n) is 20.7. The number of phosphoric acid groups is 1. The number of phosphoric ester groups is 1. The molecule has 0 heterocycles. The number of rotatable bonds is 38. The molecule has 3 unspecified atom stereocenters. The summed E-state index contributed by atoms with van der Waals surface area (Å²) < 4.78 is 32.5. The summed E-state index contributed by atoms with van der Waals surface area (Å²) in [7, 11) is -4.64. The summed E-state index contributed by atoms with van der Waals surface area (Å²) in [6.07, 6.45) is 42.0. The number of aliphatic hydroxyl groups excluding tert-OH is 2. The molecule has 10 nitrogen and oxygen atoms in total. The van der Waals surface area contributed by atoms with E-state index >= 15 is 0 Å². The van der Waals surface area contributed by atoms with Gasteiger partial charge in [0.2, 0.25) is 0 Å². The Morgan fingerprint density at radius 3 is 1.28 bits per heavy atom. The maximum absolute atomic E-state index is 12.3. The number of unbranched alkanes of at least 4 members (excludes halogenated alkanes) is 14. The van der Waals surface area contributed by atoms with Crippen molar-refractivity contribution in [1.82, 2.24) is 0 Å². The molecule has 3 atom stereocenters. The van der Waals surface area contributed by atoms with Crippen LogP contribution in [0.2, 0.25) is 0 Å². The van der Waals surface area contributed by atoms with Crippen molar-refractivity contribution in [3.63, 3.8) is 0 Å². The lowest BCUT2D eigenvalue weighted by Crippen LogP contribution is -2.28. The number of carbonyl (C=O) groups is 2. The quantitative estimate of drug-likeness (QED) is 0.0239. The molecule has 11 heteroatoms. The molecule has 3 N–H and O–H groups in total. The van der Waals surface area contributed by atoms with Crippen LogP contribution >= 0.6 is 7.82 Å². The number of ether oxygens (including phenoxy) is 2. The summed E-state index contributed by atoms with van der Waals surface area (Å²) in [5.74, 6) is -1.04. The minimum atomic E-state index is -4.64. The largest absolute Gasteiger partial charge is 0.472 e. The van der Waals surface area contributed by atoms with Crippen LogP contribution in [0.15, 0.2) is 60.8 Å². The molecular weight excluding hydrogens is 707 g/mol. The van der Waals surface area contributed by atoms with E-state index in [0.717, 1.165) is 96.3 Å². The second kappa shape index (κ2) is 38.9. The van der Waals surface area contributed by atoms with E-state index in [1.165, 1.54) is 25.7 Å². The minimum Gasteiger partial charge on any atom is -0.457 e. The number of carbonyl (C=O) groups excluding carboxylic acids is 2. The highest BCUT2D eigenvalue weighted by Gasteiger charge is 2.27. The third kappa shape index (κ3) is 36.6. The molecule has 0 bridgehead atoms. The SMILES string of the molecule is CC/C=C\C/C=C\C/C=C\C/C=C\CCCCCCCCCCC(=O)OC(CO)COP(=O)(O)OCC(CO)OC(=O)CCCCCCC/C=C\CCC. The Hall–Kier alpha value is -2.33. The van der Waals surface area contributed by atoms with Crippen molar-refractivity contribution in [1.29, 1.82) is 0 Å². The van der Waals surface area contributed by atoms with Gasteiger partial charge in [-0.15, -0.1) is 0 Å². The van der Waals surface area contributed by atoms with Crippen LogP contribution in [-0.4, -0.2) is 65.7 Å². The van der Waals surface area contributed by atoms with Crippen molar-refractivity contribution < 1.29 is 47.8 Å². The van der Waals surface area contributed by atoms with Crippen LogP contribution in [0.5, 0.6) is 0 Å². The molecule has 0 aromatic heterocycles. The van der Waals surface area contributed by atoms with Gasteiger partial charge in [0.1, 0.15) is 12.2 Å². The van der Waals surface area contributed by atoms with E-state index in [0.29, 0.717) is 12.8 Å². The maximum atomic E-state index is 12.3. The average molecular weight is 783 g/mol. The molecule has 0 rings (SSSR count). The van der Waals surface area contributed by atoms with Crippen LogP contribution in [0.4, 0.5) is 0 Å². The fourth-order valence-electron chi connectivity index (χ4n) is 5.28. The van der Waals surface area contributed by atoms with E-state index in [9.17, 15) is 29.3 Å². The topological polar surface area (TPSA) is 149 Å². The van der Waals surface area contributed by atoms with Gasteiger partial charge in [0.25, 0.3) is 0 Å². The van der Waals surface area contributed by atoms with Crippen LogP contribution < -0.4 is 0 Å². The molecule has 312 valence electrons. The summed E-state index contributed by atoms with van der Waals surface area (Å²) in [5.41, 5.74) is 0. The van der Waals surface area contributed by atoms with Crippen LogP contribution in [0.25, 0.3) is 0 Å². The Labute approximate surface area is 327 Å². The Morgan fingerprint density at radius 2 is 0.870 bits per heavy atom. The van der Waals surface area contributed by atoms with Crippen molar-refractivity contribution in [3.05, 3.63) is 60.8 Å². The number of hydrogen-bond acceptors (Lipinski definition) is 9. The smallest absolute Gasteiger partial charge is 0.457 e. The highest BCUT2D eigenvalue weighted by Crippen LogP contribution is 2.43.